The molecule has 2 aliphatic heterocycles. The molecule has 9 atom stereocenters. The van der Waals surface area contributed by atoms with Gasteiger partial charge in [0, 0.05) is 12.8 Å². The fraction of sp³-hybridized carbons (Fsp3) is 1.00. The highest BCUT2D eigenvalue weighted by Gasteiger charge is 2.43. The fourth-order valence-electron chi connectivity index (χ4n) is 2.93. The number of rotatable bonds is 7. The third kappa shape index (κ3) is 5.31. The van der Waals surface area contributed by atoms with Crippen LogP contribution in [-0.2, 0) is 18.9 Å². The Morgan fingerprint density at radius 3 is 2.12 bits per heavy atom. The molecule has 2 rings (SSSR count). The monoisotopic (exact) mass is 366 g/mol. The summed E-state index contributed by atoms with van der Waals surface area (Å²) in [6, 6.07) is 0. The smallest absolute Gasteiger partial charge is 0.184 e. The van der Waals surface area contributed by atoms with Crippen molar-refractivity contribution in [3.8, 4) is 0 Å². The van der Waals surface area contributed by atoms with Crippen molar-refractivity contribution < 1.29 is 44.5 Å². The molecule has 0 amide bonds. The summed E-state index contributed by atoms with van der Waals surface area (Å²) >= 11 is 0. The molecule has 0 aliphatic carbocycles. The van der Waals surface area contributed by atoms with Gasteiger partial charge in [-0.25, -0.2) is 0 Å². The lowest BCUT2D eigenvalue weighted by atomic mass is 10.0. The summed E-state index contributed by atoms with van der Waals surface area (Å²) in [4.78, 5) is 0. The van der Waals surface area contributed by atoms with E-state index in [1.807, 2.05) is 13.8 Å². The van der Waals surface area contributed by atoms with Gasteiger partial charge in [-0.3, -0.25) is 0 Å². The normalized spacial score (nSPS) is 43.8. The molecule has 25 heavy (non-hydrogen) atoms. The van der Waals surface area contributed by atoms with Crippen LogP contribution in [0, 0.1) is 0 Å². The summed E-state index contributed by atoms with van der Waals surface area (Å²) in [5, 5.41) is 48.8. The molecular formula is C16H30O9. The molecule has 148 valence electrons. The first-order chi connectivity index (χ1) is 11.9. The Balaban J connectivity index is 1.97. The van der Waals surface area contributed by atoms with E-state index in [1.165, 1.54) is 0 Å². The van der Waals surface area contributed by atoms with Crippen LogP contribution in [-0.4, -0.2) is 94.1 Å². The molecular weight excluding hydrogens is 336 g/mol. The minimum absolute atomic E-state index is 0.00440. The van der Waals surface area contributed by atoms with Crippen LogP contribution >= 0.6 is 0 Å². The van der Waals surface area contributed by atoms with Crippen LogP contribution in [0.15, 0.2) is 0 Å². The second-order valence-corrected chi connectivity index (χ2v) is 6.65. The van der Waals surface area contributed by atoms with E-state index in [9.17, 15) is 25.5 Å². The van der Waals surface area contributed by atoms with Crippen LogP contribution in [0.4, 0.5) is 0 Å². The molecule has 5 N–H and O–H groups in total. The Labute approximate surface area is 147 Å². The van der Waals surface area contributed by atoms with E-state index in [0.29, 0.717) is 0 Å². The van der Waals surface area contributed by atoms with Gasteiger partial charge in [0.1, 0.15) is 24.4 Å². The Morgan fingerprint density at radius 1 is 0.920 bits per heavy atom. The molecule has 2 heterocycles. The second kappa shape index (κ2) is 9.54. The van der Waals surface area contributed by atoms with Gasteiger partial charge in [0.05, 0.1) is 31.5 Å². The van der Waals surface area contributed by atoms with Crippen LogP contribution in [0.1, 0.15) is 33.1 Å². The first kappa shape index (κ1) is 20.9. The maximum absolute atomic E-state index is 10.2. The van der Waals surface area contributed by atoms with Gasteiger partial charge in [-0.2, -0.15) is 0 Å². The lowest BCUT2D eigenvalue weighted by molar-refractivity contribution is -0.331. The molecule has 2 saturated heterocycles. The number of hydrogen-bond acceptors (Lipinski definition) is 9. The van der Waals surface area contributed by atoms with Crippen LogP contribution in [0.25, 0.3) is 0 Å². The van der Waals surface area contributed by atoms with Gasteiger partial charge in [0.25, 0.3) is 0 Å². The van der Waals surface area contributed by atoms with Crippen LogP contribution in [0.5, 0.6) is 0 Å². The topological polar surface area (TPSA) is 138 Å². The lowest BCUT2D eigenvalue weighted by Crippen LogP contribution is -2.56. The minimum Gasteiger partial charge on any atom is -0.394 e. The summed E-state index contributed by atoms with van der Waals surface area (Å²) in [6.45, 7) is 3.04. The Bertz CT molecular complexity index is 396. The summed E-state index contributed by atoms with van der Waals surface area (Å²) in [6.07, 6.45) is -6.58. The molecule has 9 nitrogen and oxygen atoms in total. The van der Waals surface area contributed by atoms with Crippen LogP contribution in [0.2, 0.25) is 0 Å². The van der Waals surface area contributed by atoms with E-state index in [-0.39, 0.29) is 25.6 Å². The second-order valence-electron chi connectivity index (χ2n) is 6.65. The highest BCUT2D eigenvalue weighted by atomic mass is 16.7. The fourth-order valence-corrected chi connectivity index (χ4v) is 2.93. The highest BCUT2D eigenvalue weighted by Crippen LogP contribution is 2.29. The Hall–Kier alpha value is -0.360. The van der Waals surface area contributed by atoms with Crippen molar-refractivity contribution in [1.82, 2.24) is 0 Å². The van der Waals surface area contributed by atoms with Crippen molar-refractivity contribution in [3.63, 3.8) is 0 Å². The maximum Gasteiger partial charge on any atom is 0.184 e. The van der Waals surface area contributed by atoms with Crippen LogP contribution < -0.4 is 0 Å². The van der Waals surface area contributed by atoms with E-state index in [1.54, 1.807) is 0 Å². The van der Waals surface area contributed by atoms with Gasteiger partial charge in [-0.1, -0.05) is 6.92 Å². The van der Waals surface area contributed by atoms with Gasteiger partial charge < -0.3 is 44.5 Å². The van der Waals surface area contributed by atoms with Gasteiger partial charge in [-0.05, 0) is 13.3 Å². The first-order valence-corrected chi connectivity index (χ1v) is 8.77. The molecule has 0 bridgehead atoms. The van der Waals surface area contributed by atoms with E-state index < -0.39 is 55.8 Å². The van der Waals surface area contributed by atoms with Gasteiger partial charge in [0.15, 0.2) is 12.6 Å². The molecule has 9 heteroatoms. The summed E-state index contributed by atoms with van der Waals surface area (Å²) in [5.41, 5.74) is 0. The summed E-state index contributed by atoms with van der Waals surface area (Å²) < 4.78 is 22.3. The van der Waals surface area contributed by atoms with Gasteiger partial charge in [0.2, 0.25) is 0 Å². The predicted octanol–water partition coefficient (Wildman–Crippen LogP) is -1.52. The quantitative estimate of drug-likeness (QED) is 0.364. The summed E-state index contributed by atoms with van der Waals surface area (Å²) in [7, 11) is 0. The molecule has 0 aromatic rings. The van der Waals surface area contributed by atoms with Crippen molar-refractivity contribution in [2.24, 2.45) is 0 Å². The molecule has 9 unspecified atom stereocenters. The first-order valence-electron chi connectivity index (χ1n) is 8.77. The molecule has 2 fully saturated rings. The van der Waals surface area contributed by atoms with Crippen molar-refractivity contribution >= 4 is 0 Å². The molecule has 0 saturated carbocycles. The number of aliphatic hydroxyl groups is 5. The maximum atomic E-state index is 10.2. The van der Waals surface area contributed by atoms with Crippen molar-refractivity contribution in [2.75, 3.05) is 13.2 Å². The molecule has 0 aromatic carbocycles. The molecule has 0 aromatic heterocycles. The number of hydrogen-bond donors (Lipinski definition) is 5. The van der Waals surface area contributed by atoms with Crippen molar-refractivity contribution in [1.29, 1.82) is 0 Å². The average Bonchev–Trinajstić information content (AvgIpc) is 2.59. The van der Waals surface area contributed by atoms with Crippen molar-refractivity contribution in [3.05, 3.63) is 0 Å². The zero-order chi connectivity index (χ0) is 18.6. The van der Waals surface area contributed by atoms with E-state index in [0.717, 1.165) is 6.42 Å². The Morgan fingerprint density at radius 2 is 1.52 bits per heavy atom. The average molecular weight is 366 g/mol. The largest absolute Gasteiger partial charge is 0.394 e. The summed E-state index contributed by atoms with van der Waals surface area (Å²) in [5.74, 6) is 0. The molecule has 2 aliphatic rings. The Kier molecular flexibility index (Phi) is 7.99. The van der Waals surface area contributed by atoms with Crippen LogP contribution in [0.3, 0.4) is 0 Å². The van der Waals surface area contributed by atoms with Gasteiger partial charge >= 0.3 is 0 Å². The van der Waals surface area contributed by atoms with E-state index in [4.69, 9.17) is 18.9 Å². The lowest BCUT2D eigenvalue weighted by Gasteiger charge is -2.43. The minimum atomic E-state index is -1.09. The number of ether oxygens (including phenoxy) is 4. The predicted molar refractivity (Wildman–Crippen MR) is 84.5 cm³/mol. The number of aliphatic hydroxyl groups excluding tert-OH is 5. The molecule has 0 spiro atoms. The van der Waals surface area contributed by atoms with E-state index in [2.05, 4.69) is 0 Å². The van der Waals surface area contributed by atoms with Gasteiger partial charge in [-0.15, -0.1) is 0 Å². The molecule has 0 radical (unpaired) electrons. The third-order valence-electron chi connectivity index (χ3n) is 4.66. The zero-order valence-electron chi connectivity index (χ0n) is 14.6. The zero-order valence-corrected chi connectivity index (χ0v) is 14.6. The SMILES string of the molecule is CCC(C)OC1OC(CO)C(OC2OC(CO)C(O)CC2O)CC1O. The third-order valence-corrected chi connectivity index (χ3v) is 4.66. The van der Waals surface area contributed by atoms with E-state index >= 15 is 0 Å². The standard InChI is InChI=1S/C16H30O9/c1-3-8(2)22-15-11(21)5-12(14(7-18)25-15)23-16-10(20)4-9(19)13(6-17)24-16/h8-21H,3-7H2,1-2H3. The van der Waals surface area contributed by atoms with Crippen molar-refractivity contribution in [2.45, 2.75) is 88.4 Å². The highest BCUT2D eigenvalue weighted by molar-refractivity contribution is 4.86.